The van der Waals surface area contributed by atoms with Crippen LogP contribution < -0.4 is 10.0 Å². The molecular weight excluding hydrogens is 432 g/mol. The van der Waals surface area contributed by atoms with E-state index in [4.69, 9.17) is 0 Å². The van der Waals surface area contributed by atoms with Crippen LogP contribution in [0.2, 0.25) is 0 Å². The second-order valence-electron chi connectivity index (χ2n) is 9.25. The summed E-state index contributed by atoms with van der Waals surface area (Å²) in [5.74, 6) is -0.259. The van der Waals surface area contributed by atoms with Crippen LogP contribution in [0.3, 0.4) is 0 Å². The van der Waals surface area contributed by atoms with E-state index in [0.717, 1.165) is 12.8 Å². The molecule has 0 aliphatic carbocycles. The summed E-state index contributed by atoms with van der Waals surface area (Å²) in [7, 11) is -3.55. The average Bonchev–Trinajstić information content (AvgIpc) is 3.05. The molecule has 0 radical (unpaired) electrons. The fraction of sp³-hybridized carbons (Fsp3) is 0.667. The third-order valence-corrected chi connectivity index (χ3v) is 7.74. The quantitative estimate of drug-likeness (QED) is 0.183. The largest absolute Gasteiger partial charge is 0.352 e. The average molecular weight is 477 g/mol. The first kappa shape index (κ1) is 27.4. The van der Waals surface area contributed by atoms with E-state index in [1.165, 1.54) is 96.0 Å². The lowest BCUT2D eigenvalue weighted by molar-refractivity contribution is -0.116. The number of carbonyl (C=O) groups is 1. The van der Waals surface area contributed by atoms with Crippen molar-refractivity contribution >= 4 is 21.6 Å². The number of benzene rings is 1. The van der Waals surface area contributed by atoms with E-state index in [-0.39, 0.29) is 10.8 Å². The Morgan fingerprint density at radius 3 is 1.82 bits per heavy atom. The molecule has 1 aliphatic rings. The first-order chi connectivity index (χ1) is 16.0. The molecule has 0 spiro atoms. The summed E-state index contributed by atoms with van der Waals surface area (Å²) in [5.41, 5.74) is 0.894. The first-order valence-electron chi connectivity index (χ1n) is 13.2. The van der Waals surface area contributed by atoms with Crippen LogP contribution in [0.15, 0.2) is 35.2 Å². The fourth-order valence-corrected chi connectivity index (χ4v) is 5.65. The number of nitrogens with one attached hydrogen (secondary N) is 2. The lowest BCUT2D eigenvalue weighted by atomic mass is 10.0. The van der Waals surface area contributed by atoms with E-state index < -0.39 is 10.0 Å². The summed E-state index contributed by atoms with van der Waals surface area (Å²) in [6, 6.07) is 6.70. The summed E-state index contributed by atoms with van der Waals surface area (Å²) in [5, 5.41) is 2.87. The molecule has 186 valence electrons. The highest BCUT2D eigenvalue weighted by Crippen LogP contribution is 2.29. The maximum absolute atomic E-state index is 12.2. The van der Waals surface area contributed by atoms with E-state index >= 15 is 0 Å². The van der Waals surface area contributed by atoms with Gasteiger partial charge in [0.05, 0.1) is 10.6 Å². The number of unbranched alkanes of at least 4 members (excludes halogenated alkanes) is 15. The minimum Gasteiger partial charge on any atom is -0.352 e. The summed E-state index contributed by atoms with van der Waals surface area (Å²) in [6.07, 6.45) is 22.5. The number of rotatable bonds is 18. The van der Waals surface area contributed by atoms with Crippen LogP contribution in [0.4, 0.5) is 0 Å². The van der Waals surface area contributed by atoms with Gasteiger partial charge < -0.3 is 5.32 Å². The molecule has 1 heterocycles. The standard InChI is InChI=1S/C27H44N2O3S/c1-2-3-4-5-6-7-8-9-10-11-12-13-14-15-16-19-22-28-27(30)23-25-24-20-17-18-21-26(24)33(31,32)29-25/h17-18,20-21,23,29H,2-16,19,22H2,1H3,(H,28,30). The number of sulfonamides is 1. The summed E-state index contributed by atoms with van der Waals surface area (Å²) >= 11 is 0. The maximum Gasteiger partial charge on any atom is 0.262 e. The molecule has 0 atom stereocenters. The van der Waals surface area contributed by atoms with Crippen LogP contribution in [0, 0.1) is 0 Å². The molecule has 0 unspecified atom stereocenters. The highest BCUT2D eigenvalue weighted by molar-refractivity contribution is 7.90. The molecule has 1 aliphatic heterocycles. The second-order valence-corrected chi connectivity index (χ2v) is 10.9. The van der Waals surface area contributed by atoms with Gasteiger partial charge in [-0.1, -0.05) is 121 Å². The van der Waals surface area contributed by atoms with Crippen molar-refractivity contribution in [1.29, 1.82) is 0 Å². The van der Waals surface area contributed by atoms with Gasteiger partial charge in [-0.2, -0.15) is 0 Å². The molecule has 0 saturated carbocycles. The van der Waals surface area contributed by atoms with Crippen LogP contribution in [-0.2, 0) is 14.8 Å². The monoisotopic (exact) mass is 476 g/mol. The maximum atomic E-state index is 12.2. The van der Waals surface area contributed by atoms with Gasteiger partial charge in [-0.05, 0) is 12.5 Å². The van der Waals surface area contributed by atoms with Crippen molar-refractivity contribution < 1.29 is 13.2 Å². The van der Waals surface area contributed by atoms with Crippen molar-refractivity contribution in [2.75, 3.05) is 6.54 Å². The van der Waals surface area contributed by atoms with Gasteiger partial charge in [0.1, 0.15) is 0 Å². The molecule has 1 aromatic rings. The van der Waals surface area contributed by atoms with Crippen molar-refractivity contribution in [3.05, 3.63) is 35.9 Å². The molecular formula is C27H44N2O3S. The zero-order valence-electron chi connectivity index (χ0n) is 20.5. The van der Waals surface area contributed by atoms with Crippen molar-refractivity contribution in [2.24, 2.45) is 0 Å². The third kappa shape index (κ3) is 10.8. The van der Waals surface area contributed by atoms with Gasteiger partial charge in [-0.3, -0.25) is 9.52 Å². The van der Waals surface area contributed by atoms with E-state index in [1.807, 2.05) is 0 Å². The number of carbonyl (C=O) groups excluding carboxylic acids is 1. The van der Waals surface area contributed by atoms with Crippen LogP contribution in [0.25, 0.3) is 5.70 Å². The topological polar surface area (TPSA) is 75.3 Å². The molecule has 6 heteroatoms. The highest BCUT2D eigenvalue weighted by atomic mass is 32.2. The van der Waals surface area contributed by atoms with Crippen molar-refractivity contribution in [1.82, 2.24) is 10.0 Å². The van der Waals surface area contributed by atoms with Crippen LogP contribution in [-0.4, -0.2) is 20.9 Å². The minimum atomic E-state index is -3.55. The number of hydrogen-bond donors (Lipinski definition) is 2. The highest BCUT2D eigenvalue weighted by Gasteiger charge is 2.29. The molecule has 0 bridgehead atoms. The molecule has 0 aromatic heterocycles. The lowest BCUT2D eigenvalue weighted by Gasteiger charge is -2.05. The van der Waals surface area contributed by atoms with Gasteiger partial charge >= 0.3 is 0 Å². The van der Waals surface area contributed by atoms with E-state index in [2.05, 4.69) is 17.0 Å². The fourth-order valence-electron chi connectivity index (χ4n) is 4.35. The predicted molar refractivity (Wildman–Crippen MR) is 137 cm³/mol. The molecule has 5 nitrogen and oxygen atoms in total. The number of fused-ring (bicyclic) bond motifs is 1. The third-order valence-electron chi connectivity index (χ3n) is 6.32. The Bertz CT molecular complexity index is 834. The Balaban J connectivity index is 1.42. The summed E-state index contributed by atoms with van der Waals surface area (Å²) < 4.78 is 26.6. The minimum absolute atomic E-state index is 0.224. The Labute approximate surface area is 201 Å². The normalized spacial score (nSPS) is 15.4. The molecule has 2 rings (SSSR count). The van der Waals surface area contributed by atoms with Gasteiger partial charge in [0.15, 0.2) is 0 Å². The Morgan fingerprint density at radius 2 is 1.27 bits per heavy atom. The Morgan fingerprint density at radius 1 is 0.788 bits per heavy atom. The second kappa shape index (κ2) is 15.9. The molecule has 33 heavy (non-hydrogen) atoms. The van der Waals surface area contributed by atoms with Crippen molar-refractivity contribution in [2.45, 2.75) is 115 Å². The van der Waals surface area contributed by atoms with Crippen LogP contribution in [0.1, 0.15) is 115 Å². The van der Waals surface area contributed by atoms with Crippen molar-refractivity contribution in [3.8, 4) is 0 Å². The molecule has 0 saturated heterocycles. The van der Waals surface area contributed by atoms with Crippen LogP contribution in [0.5, 0.6) is 0 Å². The Kier molecular flexibility index (Phi) is 13.2. The summed E-state index contributed by atoms with van der Waals surface area (Å²) in [6.45, 7) is 2.89. The molecule has 2 N–H and O–H groups in total. The Hall–Kier alpha value is -1.82. The number of hydrogen-bond acceptors (Lipinski definition) is 3. The smallest absolute Gasteiger partial charge is 0.262 e. The number of amides is 1. The van der Waals surface area contributed by atoms with E-state index in [9.17, 15) is 13.2 Å². The zero-order chi connectivity index (χ0) is 23.8. The van der Waals surface area contributed by atoms with E-state index in [0.29, 0.717) is 17.8 Å². The summed E-state index contributed by atoms with van der Waals surface area (Å²) in [4.78, 5) is 12.4. The zero-order valence-corrected chi connectivity index (χ0v) is 21.4. The van der Waals surface area contributed by atoms with Crippen molar-refractivity contribution in [3.63, 3.8) is 0 Å². The van der Waals surface area contributed by atoms with Gasteiger partial charge in [0.2, 0.25) is 5.91 Å². The van der Waals surface area contributed by atoms with E-state index in [1.54, 1.807) is 24.3 Å². The lowest BCUT2D eigenvalue weighted by Crippen LogP contribution is -2.23. The van der Waals surface area contributed by atoms with Crippen LogP contribution >= 0.6 is 0 Å². The van der Waals surface area contributed by atoms with Gasteiger partial charge in [0.25, 0.3) is 10.0 Å². The molecule has 0 fully saturated rings. The first-order valence-corrected chi connectivity index (χ1v) is 14.6. The molecule has 1 amide bonds. The molecule has 1 aromatic carbocycles. The SMILES string of the molecule is CCCCCCCCCCCCCCCCCCNC(=O)C=C1NS(=O)(=O)c2ccccc21. The van der Waals surface area contributed by atoms with Gasteiger partial charge in [-0.15, -0.1) is 0 Å². The van der Waals surface area contributed by atoms with Gasteiger partial charge in [0, 0.05) is 18.2 Å². The van der Waals surface area contributed by atoms with Gasteiger partial charge in [-0.25, -0.2) is 8.42 Å². The predicted octanol–water partition coefficient (Wildman–Crippen LogP) is 6.70.